The number of benzene rings is 1. The summed E-state index contributed by atoms with van der Waals surface area (Å²) in [5.41, 5.74) is 1.20. The van der Waals surface area contributed by atoms with Gasteiger partial charge in [0.1, 0.15) is 5.75 Å². The Hall–Kier alpha value is -1.11. The molecule has 5 nitrogen and oxygen atoms in total. The van der Waals surface area contributed by atoms with Crippen molar-refractivity contribution < 1.29 is 13.2 Å². The molecule has 0 bridgehead atoms. The van der Waals surface area contributed by atoms with Crippen molar-refractivity contribution in [2.75, 3.05) is 20.2 Å². The van der Waals surface area contributed by atoms with Gasteiger partial charge in [-0.25, -0.2) is 12.7 Å². The van der Waals surface area contributed by atoms with Gasteiger partial charge in [-0.15, -0.1) is 0 Å². The molecule has 0 aliphatic carbocycles. The van der Waals surface area contributed by atoms with E-state index >= 15 is 0 Å². The van der Waals surface area contributed by atoms with Crippen LogP contribution in [0.1, 0.15) is 32.8 Å². The molecule has 130 valence electrons. The Morgan fingerprint density at radius 3 is 2.48 bits per heavy atom. The number of methoxy groups -OCH3 is 1. The van der Waals surface area contributed by atoms with Crippen LogP contribution in [0, 0.1) is 5.92 Å². The Kier molecular flexibility index (Phi) is 6.06. The summed E-state index contributed by atoms with van der Waals surface area (Å²) in [6.07, 6.45) is 0.850. The van der Waals surface area contributed by atoms with Gasteiger partial charge < -0.3 is 10.1 Å². The molecule has 1 aliphatic heterocycles. The average Bonchev–Trinajstić information content (AvgIpc) is 2.54. The van der Waals surface area contributed by atoms with Crippen LogP contribution in [0.4, 0.5) is 0 Å². The first kappa shape index (κ1) is 18.2. The summed E-state index contributed by atoms with van der Waals surface area (Å²) >= 11 is 0. The van der Waals surface area contributed by atoms with Crippen molar-refractivity contribution in [2.24, 2.45) is 5.92 Å². The SMILES string of the molecule is COc1ccc(CN[C@@H]2CCN(S(=O)(=O)C(C)C)C[C@H]2C)cc1. The fourth-order valence-corrected chi connectivity index (χ4v) is 4.33. The second-order valence-corrected chi connectivity index (χ2v) is 9.04. The smallest absolute Gasteiger partial charge is 0.216 e. The first-order valence-corrected chi connectivity index (χ1v) is 9.70. The van der Waals surface area contributed by atoms with E-state index < -0.39 is 10.0 Å². The van der Waals surface area contributed by atoms with Gasteiger partial charge in [0, 0.05) is 25.7 Å². The van der Waals surface area contributed by atoms with Gasteiger partial charge in [-0.2, -0.15) is 0 Å². The molecule has 0 radical (unpaired) electrons. The predicted octanol–water partition coefficient (Wildman–Crippen LogP) is 2.23. The van der Waals surface area contributed by atoms with E-state index in [9.17, 15) is 8.42 Å². The summed E-state index contributed by atoms with van der Waals surface area (Å²) in [6, 6.07) is 8.36. The summed E-state index contributed by atoms with van der Waals surface area (Å²) in [7, 11) is -1.48. The fraction of sp³-hybridized carbons (Fsp3) is 0.647. The third kappa shape index (κ3) is 4.46. The van der Waals surface area contributed by atoms with E-state index in [1.807, 2.05) is 12.1 Å². The average molecular weight is 340 g/mol. The van der Waals surface area contributed by atoms with Crippen LogP contribution in [-0.2, 0) is 16.6 Å². The van der Waals surface area contributed by atoms with E-state index in [0.29, 0.717) is 25.0 Å². The molecule has 0 unspecified atom stereocenters. The van der Waals surface area contributed by atoms with Gasteiger partial charge >= 0.3 is 0 Å². The summed E-state index contributed by atoms with van der Waals surface area (Å²) in [4.78, 5) is 0. The molecule has 0 aromatic heterocycles. The summed E-state index contributed by atoms with van der Waals surface area (Å²) in [5.74, 6) is 1.16. The van der Waals surface area contributed by atoms with Crippen LogP contribution in [0.15, 0.2) is 24.3 Å². The van der Waals surface area contributed by atoms with Gasteiger partial charge in [0.25, 0.3) is 0 Å². The van der Waals surface area contributed by atoms with Gasteiger partial charge in [0.05, 0.1) is 12.4 Å². The van der Waals surface area contributed by atoms with Crippen LogP contribution in [0.5, 0.6) is 5.75 Å². The molecule has 23 heavy (non-hydrogen) atoms. The standard InChI is InChI=1S/C17H28N2O3S/c1-13(2)23(20,21)19-10-9-17(14(3)12-19)18-11-15-5-7-16(22-4)8-6-15/h5-8,13-14,17-18H,9-12H2,1-4H3/t14-,17-/m1/s1. The van der Waals surface area contributed by atoms with Crippen LogP contribution < -0.4 is 10.1 Å². The van der Waals surface area contributed by atoms with Crippen LogP contribution in [-0.4, -0.2) is 44.2 Å². The molecule has 1 aromatic rings. The monoisotopic (exact) mass is 340 g/mol. The zero-order chi connectivity index (χ0) is 17.0. The number of hydrogen-bond donors (Lipinski definition) is 1. The molecule has 1 aromatic carbocycles. The first-order valence-electron chi connectivity index (χ1n) is 8.20. The minimum atomic E-state index is -3.14. The molecule has 0 amide bonds. The minimum absolute atomic E-state index is 0.301. The lowest BCUT2D eigenvalue weighted by atomic mass is 9.95. The summed E-state index contributed by atoms with van der Waals surface area (Å²) in [5, 5.41) is 3.22. The highest BCUT2D eigenvalue weighted by Crippen LogP contribution is 2.22. The molecule has 2 atom stereocenters. The van der Waals surface area contributed by atoms with Gasteiger partial charge in [0.2, 0.25) is 10.0 Å². The quantitative estimate of drug-likeness (QED) is 0.863. The topological polar surface area (TPSA) is 58.6 Å². The number of piperidine rings is 1. The van der Waals surface area contributed by atoms with Gasteiger partial charge in [-0.3, -0.25) is 0 Å². The Balaban J connectivity index is 1.89. The minimum Gasteiger partial charge on any atom is -0.497 e. The van der Waals surface area contributed by atoms with E-state index in [0.717, 1.165) is 18.7 Å². The Bertz CT molecular complexity index is 599. The maximum atomic E-state index is 12.3. The summed E-state index contributed by atoms with van der Waals surface area (Å²) in [6.45, 7) is 7.59. The molecule has 1 N–H and O–H groups in total. The van der Waals surface area contributed by atoms with E-state index in [2.05, 4.69) is 24.4 Å². The molecule has 0 saturated carbocycles. The number of rotatable bonds is 6. The number of ether oxygens (including phenoxy) is 1. The largest absolute Gasteiger partial charge is 0.497 e. The lowest BCUT2D eigenvalue weighted by molar-refractivity contribution is 0.218. The zero-order valence-electron chi connectivity index (χ0n) is 14.5. The normalized spacial score (nSPS) is 23.2. The maximum Gasteiger partial charge on any atom is 0.216 e. The van der Waals surface area contributed by atoms with Crippen LogP contribution >= 0.6 is 0 Å². The highest BCUT2D eigenvalue weighted by Gasteiger charge is 2.33. The molecular formula is C17H28N2O3S. The molecular weight excluding hydrogens is 312 g/mol. The Morgan fingerprint density at radius 2 is 1.96 bits per heavy atom. The van der Waals surface area contributed by atoms with Crippen molar-refractivity contribution in [3.63, 3.8) is 0 Å². The van der Waals surface area contributed by atoms with Crippen molar-refractivity contribution >= 4 is 10.0 Å². The zero-order valence-corrected chi connectivity index (χ0v) is 15.3. The fourth-order valence-electron chi connectivity index (χ4n) is 2.93. The van der Waals surface area contributed by atoms with Gasteiger partial charge in [0.15, 0.2) is 0 Å². The molecule has 2 rings (SSSR count). The van der Waals surface area contributed by atoms with Crippen LogP contribution in [0.2, 0.25) is 0 Å². The third-order valence-electron chi connectivity index (χ3n) is 4.55. The highest BCUT2D eigenvalue weighted by atomic mass is 32.2. The molecule has 1 aliphatic rings. The van der Waals surface area contributed by atoms with Crippen molar-refractivity contribution in [2.45, 2.75) is 45.0 Å². The van der Waals surface area contributed by atoms with Crippen LogP contribution in [0.3, 0.4) is 0 Å². The maximum absolute atomic E-state index is 12.3. The number of sulfonamides is 1. The molecule has 0 spiro atoms. The molecule has 1 heterocycles. The highest BCUT2D eigenvalue weighted by molar-refractivity contribution is 7.89. The first-order chi connectivity index (χ1) is 10.8. The molecule has 1 fully saturated rings. The Morgan fingerprint density at radius 1 is 1.30 bits per heavy atom. The van der Waals surface area contributed by atoms with Crippen molar-refractivity contribution in [3.05, 3.63) is 29.8 Å². The van der Waals surface area contributed by atoms with E-state index in [-0.39, 0.29) is 5.25 Å². The van der Waals surface area contributed by atoms with Gasteiger partial charge in [-0.05, 0) is 43.9 Å². The number of nitrogens with one attached hydrogen (secondary N) is 1. The predicted molar refractivity (Wildman–Crippen MR) is 93.0 cm³/mol. The van der Waals surface area contributed by atoms with E-state index in [1.54, 1.807) is 25.3 Å². The third-order valence-corrected chi connectivity index (χ3v) is 6.79. The van der Waals surface area contributed by atoms with Crippen LogP contribution in [0.25, 0.3) is 0 Å². The van der Waals surface area contributed by atoms with E-state index in [1.165, 1.54) is 5.56 Å². The number of nitrogens with zero attached hydrogens (tertiary/aromatic N) is 1. The van der Waals surface area contributed by atoms with Crippen molar-refractivity contribution in [3.8, 4) is 5.75 Å². The molecule has 1 saturated heterocycles. The van der Waals surface area contributed by atoms with Gasteiger partial charge in [-0.1, -0.05) is 19.1 Å². The second-order valence-electron chi connectivity index (χ2n) is 6.55. The van der Waals surface area contributed by atoms with E-state index in [4.69, 9.17) is 4.74 Å². The lowest BCUT2D eigenvalue weighted by Gasteiger charge is -2.37. The van der Waals surface area contributed by atoms with Crippen molar-refractivity contribution in [1.29, 1.82) is 0 Å². The summed E-state index contributed by atoms with van der Waals surface area (Å²) < 4.78 is 31.3. The lowest BCUT2D eigenvalue weighted by Crippen LogP contribution is -2.51. The number of hydrogen-bond acceptors (Lipinski definition) is 4. The molecule has 6 heteroatoms. The van der Waals surface area contributed by atoms with Crippen molar-refractivity contribution in [1.82, 2.24) is 9.62 Å². The Labute approximate surface area is 140 Å². The second kappa shape index (κ2) is 7.64.